The number of nitrogen functional groups attached to an aromatic ring is 1. The van der Waals surface area contributed by atoms with Crippen LogP contribution in [0.1, 0.15) is 38.2 Å². The second-order valence-corrected chi connectivity index (χ2v) is 4.32. The van der Waals surface area contributed by atoms with Crippen molar-refractivity contribution in [3.63, 3.8) is 0 Å². The monoisotopic (exact) mass is 281 g/mol. The van der Waals surface area contributed by atoms with E-state index in [2.05, 4.69) is 4.74 Å². The minimum Gasteiger partial charge on any atom is -0.481 e. The summed E-state index contributed by atoms with van der Waals surface area (Å²) in [5.74, 6) is -0.863. The zero-order valence-electron chi connectivity index (χ0n) is 12.1. The summed E-state index contributed by atoms with van der Waals surface area (Å²) in [5.41, 5.74) is 7.38. The van der Waals surface area contributed by atoms with E-state index in [0.717, 1.165) is 24.1 Å². The van der Waals surface area contributed by atoms with Crippen molar-refractivity contribution in [2.75, 3.05) is 12.8 Å². The van der Waals surface area contributed by atoms with E-state index in [1.807, 2.05) is 31.2 Å². The van der Waals surface area contributed by atoms with E-state index < -0.39 is 5.97 Å². The highest BCUT2D eigenvalue weighted by atomic mass is 16.5. The van der Waals surface area contributed by atoms with Crippen molar-refractivity contribution < 1.29 is 19.4 Å². The Labute approximate surface area is 119 Å². The van der Waals surface area contributed by atoms with Gasteiger partial charge < -0.3 is 15.6 Å². The first-order valence-corrected chi connectivity index (χ1v) is 6.62. The van der Waals surface area contributed by atoms with Crippen LogP contribution in [-0.4, -0.2) is 24.2 Å². The summed E-state index contributed by atoms with van der Waals surface area (Å²) in [5, 5.41) is 8.42. The molecule has 0 radical (unpaired) electrons. The number of carbonyl (C=O) groups is 2. The van der Waals surface area contributed by atoms with Crippen molar-refractivity contribution in [1.29, 1.82) is 0 Å². The topological polar surface area (TPSA) is 89.6 Å². The third-order valence-corrected chi connectivity index (χ3v) is 2.52. The van der Waals surface area contributed by atoms with Gasteiger partial charge in [0.1, 0.15) is 0 Å². The Morgan fingerprint density at radius 2 is 1.80 bits per heavy atom. The first-order chi connectivity index (χ1) is 9.49. The molecule has 20 heavy (non-hydrogen) atoms. The van der Waals surface area contributed by atoms with Gasteiger partial charge in [0.25, 0.3) is 0 Å². The lowest BCUT2D eigenvalue weighted by molar-refractivity contribution is -0.140. The van der Waals surface area contributed by atoms with E-state index in [1.54, 1.807) is 0 Å². The van der Waals surface area contributed by atoms with E-state index in [-0.39, 0.29) is 12.4 Å². The number of aliphatic carboxylic acids is 1. The lowest BCUT2D eigenvalue weighted by atomic mass is 10.1. The zero-order valence-corrected chi connectivity index (χ0v) is 12.1. The molecule has 0 atom stereocenters. The molecular formula is C15H23NO4. The lowest BCUT2D eigenvalue weighted by Gasteiger charge is -1.99. The molecule has 0 fully saturated rings. The highest BCUT2D eigenvalue weighted by Gasteiger charge is 1.97. The van der Waals surface area contributed by atoms with Gasteiger partial charge in [-0.3, -0.25) is 9.59 Å². The standard InChI is InChI=1S/C10H13NO2.C5H10O2/c11-9-6-4-8(5-7-9)2-1-3-10(12)13;1-3-4-5(6)7-2/h4-7H,1-3,11H2,(H,12,13);3-4H2,1-2H3. The van der Waals surface area contributed by atoms with Gasteiger partial charge in [-0.05, 0) is 37.0 Å². The van der Waals surface area contributed by atoms with Crippen molar-refractivity contribution in [3.8, 4) is 0 Å². The molecule has 112 valence electrons. The third kappa shape index (κ3) is 9.94. The molecule has 0 saturated heterocycles. The van der Waals surface area contributed by atoms with Crippen molar-refractivity contribution in [3.05, 3.63) is 29.8 Å². The Balaban J connectivity index is 0.000000441. The van der Waals surface area contributed by atoms with Gasteiger partial charge in [-0.1, -0.05) is 19.1 Å². The maximum absolute atomic E-state index is 10.2. The van der Waals surface area contributed by atoms with Crippen molar-refractivity contribution in [2.45, 2.75) is 39.0 Å². The number of ether oxygens (including phenoxy) is 1. The molecule has 5 nitrogen and oxygen atoms in total. The largest absolute Gasteiger partial charge is 0.481 e. The highest BCUT2D eigenvalue weighted by Crippen LogP contribution is 2.08. The van der Waals surface area contributed by atoms with Crippen LogP contribution in [0.25, 0.3) is 0 Å². The van der Waals surface area contributed by atoms with E-state index in [9.17, 15) is 9.59 Å². The number of methoxy groups -OCH3 is 1. The number of benzene rings is 1. The molecule has 0 aliphatic heterocycles. The summed E-state index contributed by atoms with van der Waals surface area (Å²) < 4.78 is 4.35. The van der Waals surface area contributed by atoms with E-state index in [1.165, 1.54) is 7.11 Å². The molecule has 1 aromatic rings. The third-order valence-electron chi connectivity index (χ3n) is 2.52. The predicted molar refractivity (Wildman–Crippen MR) is 78.4 cm³/mol. The summed E-state index contributed by atoms with van der Waals surface area (Å²) in [6.07, 6.45) is 3.11. The van der Waals surface area contributed by atoms with Crippen LogP contribution in [0.2, 0.25) is 0 Å². The summed E-state index contributed by atoms with van der Waals surface area (Å²) >= 11 is 0. The normalized spacial score (nSPS) is 9.30. The van der Waals surface area contributed by atoms with Crippen LogP contribution in [0.5, 0.6) is 0 Å². The molecule has 0 unspecified atom stereocenters. The summed E-state index contributed by atoms with van der Waals surface area (Å²) in [7, 11) is 1.40. The average Bonchev–Trinajstić information content (AvgIpc) is 2.41. The molecule has 0 bridgehead atoms. The van der Waals surface area contributed by atoms with Gasteiger partial charge in [0.2, 0.25) is 0 Å². The summed E-state index contributed by atoms with van der Waals surface area (Å²) in [6, 6.07) is 7.51. The number of hydrogen-bond donors (Lipinski definition) is 2. The second-order valence-electron chi connectivity index (χ2n) is 4.32. The van der Waals surface area contributed by atoms with Gasteiger partial charge in [0.05, 0.1) is 7.11 Å². The fourth-order valence-corrected chi connectivity index (χ4v) is 1.43. The smallest absolute Gasteiger partial charge is 0.305 e. The highest BCUT2D eigenvalue weighted by molar-refractivity contribution is 5.68. The maximum atomic E-state index is 10.2. The predicted octanol–water partition coefficient (Wildman–Crippen LogP) is 2.64. The maximum Gasteiger partial charge on any atom is 0.305 e. The number of carboxylic acids is 1. The molecule has 0 heterocycles. The average molecular weight is 281 g/mol. The quantitative estimate of drug-likeness (QED) is 0.618. The van der Waals surface area contributed by atoms with Gasteiger partial charge in [-0.25, -0.2) is 0 Å². The summed E-state index contributed by atoms with van der Waals surface area (Å²) in [4.78, 5) is 20.4. The summed E-state index contributed by atoms with van der Waals surface area (Å²) in [6.45, 7) is 1.94. The Morgan fingerprint density at radius 1 is 1.20 bits per heavy atom. The van der Waals surface area contributed by atoms with Crippen LogP contribution in [-0.2, 0) is 20.7 Å². The Morgan fingerprint density at radius 3 is 2.20 bits per heavy atom. The number of hydrogen-bond acceptors (Lipinski definition) is 4. The van der Waals surface area contributed by atoms with Crippen LogP contribution in [0.4, 0.5) is 5.69 Å². The second kappa shape index (κ2) is 10.8. The van der Waals surface area contributed by atoms with E-state index in [0.29, 0.717) is 12.8 Å². The number of aryl methyl sites for hydroxylation is 1. The molecule has 0 aromatic heterocycles. The first-order valence-electron chi connectivity index (χ1n) is 6.62. The van der Waals surface area contributed by atoms with Crippen LogP contribution >= 0.6 is 0 Å². The van der Waals surface area contributed by atoms with Crippen molar-refractivity contribution in [2.24, 2.45) is 0 Å². The minimum absolute atomic E-state index is 0.123. The Bertz CT molecular complexity index is 401. The fourth-order valence-electron chi connectivity index (χ4n) is 1.43. The number of carbonyl (C=O) groups excluding carboxylic acids is 1. The first kappa shape index (κ1) is 18.0. The fraction of sp³-hybridized carbons (Fsp3) is 0.467. The molecule has 0 spiro atoms. The van der Waals surface area contributed by atoms with E-state index in [4.69, 9.17) is 10.8 Å². The molecule has 3 N–H and O–H groups in total. The van der Waals surface area contributed by atoms with Crippen molar-refractivity contribution >= 4 is 17.6 Å². The number of rotatable bonds is 6. The number of anilines is 1. The van der Waals surface area contributed by atoms with Crippen LogP contribution < -0.4 is 5.73 Å². The number of nitrogens with two attached hydrogens (primary N) is 1. The Hall–Kier alpha value is -2.04. The molecule has 0 aliphatic carbocycles. The SMILES string of the molecule is CCCC(=O)OC.Nc1ccc(CCCC(=O)O)cc1. The molecule has 1 rings (SSSR count). The molecule has 0 aliphatic rings. The van der Waals surface area contributed by atoms with Gasteiger partial charge in [-0.15, -0.1) is 0 Å². The molecule has 1 aromatic carbocycles. The van der Waals surface area contributed by atoms with Gasteiger partial charge >= 0.3 is 11.9 Å². The van der Waals surface area contributed by atoms with Crippen LogP contribution in [0.3, 0.4) is 0 Å². The molecular weight excluding hydrogens is 258 g/mol. The molecule has 0 amide bonds. The molecule has 0 saturated carbocycles. The lowest BCUT2D eigenvalue weighted by Crippen LogP contribution is -1.97. The number of carboxylic acid groups (broad SMARTS) is 1. The molecule has 5 heteroatoms. The van der Waals surface area contributed by atoms with Crippen LogP contribution in [0.15, 0.2) is 24.3 Å². The van der Waals surface area contributed by atoms with Gasteiger partial charge in [0, 0.05) is 18.5 Å². The number of esters is 1. The Kier molecular flexibility index (Phi) is 9.74. The zero-order chi connectivity index (χ0) is 15.4. The van der Waals surface area contributed by atoms with E-state index >= 15 is 0 Å². The van der Waals surface area contributed by atoms with Crippen molar-refractivity contribution in [1.82, 2.24) is 0 Å². The van der Waals surface area contributed by atoms with Gasteiger partial charge in [0.15, 0.2) is 0 Å². The van der Waals surface area contributed by atoms with Gasteiger partial charge in [-0.2, -0.15) is 0 Å². The van der Waals surface area contributed by atoms with Crippen LogP contribution in [0, 0.1) is 0 Å². The minimum atomic E-state index is -0.740.